The number of carbonyl (C=O) groups excluding carboxylic acids is 2. The highest BCUT2D eigenvalue weighted by molar-refractivity contribution is 6.03. The molecule has 2 aromatic heterocycles. The van der Waals surface area contributed by atoms with Crippen molar-refractivity contribution in [2.24, 2.45) is 5.73 Å². The highest BCUT2D eigenvalue weighted by atomic mass is 16.2. The monoisotopic (exact) mass is 358 g/mol. The third-order valence-electron chi connectivity index (χ3n) is 3.91. The van der Waals surface area contributed by atoms with E-state index in [-0.39, 0.29) is 17.3 Å². The number of nitrogens with one attached hydrogen (secondary N) is 1. The number of nitrogens with zero attached hydrogens (tertiary/aromatic N) is 4. The predicted octanol–water partition coefficient (Wildman–Crippen LogP) is 2.17. The van der Waals surface area contributed by atoms with Gasteiger partial charge in [0.2, 0.25) is 0 Å². The van der Waals surface area contributed by atoms with Crippen LogP contribution in [0, 0.1) is 0 Å². The van der Waals surface area contributed by atoms with E-state index in [1.54, 1.807) is 36.5 Å². The molecule has 0 aliphatic heterocycles. The number of aromatic nitrogens is 4. The lowest BCUT2D eigenvalue weighted by molar-refractivity contribution is 0.0992. The maximum Gasteiger partial charge on any atom is 0.275 e. The van der Waals surface area contributed by atoms with Crippen LogP contribution in [-0.2, 0) is 0 Å². The number of amides is 2. The topological polar surface area (TPSA) is 116 Å². The summed E-state index contributed by atoms with van der Waals surface area (Å²) in [6.45, 7) is 0. The summed E-state index contributed by atoms with van der Waals surface area (Å²) >= 11 is 0. The molecule has 0 spiro atoms. The van der Waals surface area contributed by atoms with E-state index in [0.29, 0.717) is 11.2 Å². The molecule has 0 fully saturated rings. The van der Waals surface area contributed by atoms with Crippen molar-refractivity contribution in [2.75, 3.05) is 5.32 Å². The van der Waals surface area contributed by atoms with Crippen molar-refractivity contribution in [1.29, 1.82) is 0 Å². The Morgan fingerprint density at radius 1 is 0.926 bits per heavy atom. The van der Waals surface area contributed by atoms with Crippen LogP contribution in [0.4, 0.5) is 5.69 Å². The maximum atomic E-state index is 12.4. The Bertz CT molecular complexity index is 1150. The summed E-state index contributed by atoms with van der Waals surface area (Å²) in [5, 5.41) is 6.86. The van der Waals surface area contributed by atoms with Gasteiger partial charge in [0.05, 0.1) is 22.9 Å². The minimum Gasteiger partial charge on any atom is -0.364 e. The molecule has 0 saturated carbocycles. The van der Waals surface area contributed by atoms with Crippen molar-refractivity contribution in [3.8, 4) is 5.69 Å². The molecule has 132 valence electrons. The Morgan fingerprint density at radius 3 is 2.37 bits per heavy atom. The van der Waals surface area contributed by atoms with E-state index in [2.05, 4.69) is 20.4 Å². The van der Waals surface area contributed by atoms with E-state index < -0.39 is 5.91 Å². The number of fused-ring (bicyclic) bond motifs is 1. The summed E-state index contributed by atoms with van der Waals surface area (Å²) in [4.78, 5) is 32.1. The van der Waals surface area contributed by atoms with E-state index in [0.717, 1.165) is 11.2 Å². The van der Waals surface area contributed by atoms with Gasteiger partial charge in [-0.25, -0.2) is 9.67 Å². The van der Waals surface area contributed by atoms with Crippen LogP contribution in [0.5, 0.6) is 0 Å². The molecular weight excluding hydrogens is 344 g/mol. The lowest BCUT2D eigenvalue weighted by atomic mass is 10.2. The molecule has 0 aliphatic rings. The summed E-state index contributed by atoms with van der Waals surface area (Å²) < 4.78 is 1.53. The Kier molecular flexibility index (Phi) is 4.06. The van der Waals surface area contributed by atoms with Gasteiger partial charge in [-0.15, -0.1) is 0 Å². The van der Waals surface area contributed by atoms with Crippen LogP contribution in [0.25, 0.3) is 16.7 Å². The predicted molar refractivity (Wildman–Crippen MR) is 99.6 cm³/mol. The Hall–Kier alpha value is -4.07. The summed E-state index contributed by atoms with van der Waals surface area (Å²) in [6.07, 6.45) is 3.08. The van der Waals surface area contributed by atoms with E-state index >= 15 is 0 Å². The molecule has 4 rings (SSSR count). The van der Waals surface area contributed by atoms with Crippen molar-refractivity contribution in [3.63, 3.8) is 0 Å². The molecule has 0 unspecified atom stereocenters. The smallest absolute Gasteiger partial charge is 0.275 e. The lowest BCUT2D eigenvalue weighted by Gasteiger charge is -2.07. The van der Waals surface area contributed by atoms with Crippen molar-refractivity contribution < 1.29 is 9.59 Å². The second kappa shape index (κ2) is 6.68. The number of para-hydroxylation sites is 2. The number of benzene rings is 2. The highest BCUT2D eigenvalue weighted by Crippen LogP contribution is 2.15. The van der Waals surface area contributed by atoms with Crippen molar-refractivity contribution in [2.45, 2.75) is 0 Å². The number of carbonyl (C=O) groups is 2. The number of hydrogen-bond donors (Lipinski definition) is 2. The van der Waals surface area contributed by atoms with Gasteiger partial charge in [0, 0.05) is 11.9 Å². The van der Waals surface area contributed by atoms with Gasteiger partial charge in [-0.2, -0.15) is 5.10 Å². The van der Waals surface area contributed by atoms with Crippen LogP contribution in [0.1, 0.15) is 21.0 Å². The number of rotatable bonds is 4. The average Bonchev–Trinajstić information content (AvgIpc) is 3.19. The third kappa shape index (κ3) is 3.36. The van der Waals surface area contributed by atoms with Gasteiger partial charge in [-0.1, -0.05) is 12.1 Å². The first-order valence-electron chi connectivity index (χ1n) is 8.09. The van der Waals surface area contributed by atoms with Crippen LogP contribution >= 0.6 is 0 Å². The molecular formula is C19H14N6O2. The SMILES string of the molecule is NC(=O)c1ccn(-c2ccc(NC(=O)c3cnc4ccccc4n3)cc2)n1. The van der Waals surface area contributed by atoms with Crippen molar-refractivity contribution >= 4 is 28.5 Å². The Morgan fingerprint density at radius 2 is 1.67 bits per heavy atom. The van der Waals surface area contributed by atoms with E-state index in [4.69, 9.17) is 5.73 Å². The van der Waals surface area contributed by atoms with Gasteiger partial charge < -0.3 is 11.1 Å². The molecule has 27 heavy (non-hydrogen) atoms. The zero-order valence-electron chi connectivity index (χ0n) is 14.0. The van der Waals surface area contributed by atoms with Gasteiger partial charge in [0.15, 0.2) is 0 Å². The van der Waals surface area contributed by atoms with Crippen molar-refractivity contribution in [3.05, 3.63) is 78.4 Å². The summed E-state index contributed by atoms with van der Waals surface area (Å²) in [5.41, 5.74) is 8.33. The van der Waals surface area contributed by atoms with E-state index in [9.17, 15) is 9.59 Å². The molecule has 2 amide bonds. The largest absolute Gasteiger partial charge is 0.364 e. The van der Waals surface area contributed by atoms with E-state index in [1.165, 1.54) is 16.9 Å². The molecule has 8 nitrogen and oxygen atoms in total. The molecule has 8 heteroatoms. The summed E-state index contributed by atoms with van der Waals surface area (Å²) in [6, 6.07) is 15.9. The number of hydrogen-bond acceptors (Lipinski definition) is 5. The maximum absolute atomic E-state index is 12.4. The van der Waals surface area contributed by atoms with Gasteiger partial charge in [0.1, 0.15) is 11.4 Å². The van der Waals surface area contributed by atoms with Gasteiger partial charge in [-0.05, 0) is 42.5 Å². The molecule has 0 atom stereocenters. The zero-order chi connectivity index (χ0) is 18.8. The average molecular weight is 358 g/mol. The molecule has 0 bridgehead atoms. The molecule has 3 N–H and O–H groups in total. The molecule has 4 aromatic rings. The quantitative estimate of drug-likeness (QED) is 0.580. The van der Waals surface area contributed by atoms with Crippen LogP contribution < -0.4 is 11.1 Å². The molecule has 0 radical (unpaired) electrons. The minimum absolute atomic E-state index is 0.183. The lowest BCUT2D eigenvalue weighted by Crippen LogP contribution is -2.14. The number of primary amides is 1. The van der Waals surface area contributed by atoms with Crippen LogP contribution in [0.2, 0.25) is 0 Å². The van der Waals surface area contributed by atoms with Gasteiger partial charge >= 0.3 is 0 Å². The fourth-order valence-electron chi connectivity index (χ4n) is 2.56. The molecule has 0 aliphatic carbocycles. The van der Waals surface area contributed by atoms with Crippen LogP contribution in [-0.4, -0.2) is 31.6 Å². The molecule has 0 saturated heterocycles. The normalized spacial score (nSPS) is 10.7. The molecule has 2 heterocycles. The van der Waals surface area contributed by atoms with Crippen molar-refractivity contribution in [1.82, 2.24) is 19.7 Å². The Labute approximate surface area is 153 Å². The first kappa shape index (κ1) is 16.4. The summed E-state index contributed by atoms with van der Waals surface area (Å²) in [7, 11) is 0. The van der Waals surface area contributed by atoms with Crippen LogP contribution in [0.15, 0.2) is 67.0 Å². The van der Waals surface area contributed by atoms with E-state index in [1.807, 2.05) is 18.2 Å². The van der Waals surface area contributed by atoms with Gasteiger partial charge in [-0.3, -0.25) is 14.6 Å². The summed E-state index contributed by atoms with van der Waals surface area (Å²) in [5.74, 6) is -0.940. The second-order valence-electron chi connectivity index (χ2n) is 5.75. The van der Waals surface area contributed by atoms with Crippen LogP contribution in [0.3, 0.4) is 0 Å². The zero-order valence-corrected chi connectivity index (χ0v) is 14.0. The second-order valence-corrected chi connectivity index (χ2v) is 5.75. The fourth-order valence-corrected chi connectivity index (χ4v) is 2.56. The standard InChI is InChI=1S/C19H14N6O2/c20-18(26)16-9-10-25(24-16)13-7-5-12(6-8-13)22-19(27)17-11-21-14-3-1-2-4-15(14)23-17/h1-11H,(H2,20,26)(H,22,27). The molecule has 2 aromatic carbocycles. The first-order chi connectivity index (χ1) is 13.1. The minimum atomic E-state index is -0.589. The number of nitrogens with two attached hydrogens (primary N) is 1. The fraction of sp³-hybridized carbons (Fsp3) is 0. The first-order valence-corrected chi connectivity index (χ1v) is 8.09. The third-order valence-corrected chi connectivity index (χ3v) is 3.91. The number of anilines is 1. The van der Waals surface area contributed by atoms with Gasteiger partial charge in [0.25, 0.3) is 11.8 Å². The highest BCUT2D eigenvalue weighted by Gasteiger charge is 2.10. The Balaban J connectivity index is 1.51.